The molecule has 1 aliphatic carbocycles. The number of ether oxygens (including phenoxy) is 2. The van der Waals surface area contributed by atoms with Crippen LogP contribution in [0.15, 0.2) is 23.1 Å². The van der Waals surface area contributed by atoms with Crippen molar-refractivity contribution in [3.63, 3.8) is 0 Å². The standard InChI is InChI=1S/C21H32N4O5S/c26-20(24-17-6-4-5-15-14-22-25-21(15)17)7-2-1-3-10-23-31(27,28)16-8-9-18-19(13-16)30-12-11-29-18/h8-9,13,15,17,21-23,25H,1-7,10-12,14H2,(H,24,26). The minimum absolute atomic E-state index is 0.0798. The summed E-state index contributed by atoms with van der Waals surface area (Å²) in [4.78, 5) is 12.5. The molecule has 2 aliphatic heterocycles. The molecule has 9 nitrogen and oxygen atoms in total. The Balaban J connectivity index is 1.14. The molecule has 0 radical (unpaired) electrons. The summed E-state index contributed by atoms with van der Waals surface area (Å²) in [6.45, 7) is 2.18. The van der Waals surface area contributed by atoms with Gasteiger partial charge in [0.2, 0.25) is 15.9 Å². The van der Waals surface area contributed by atoms with Gasteiger partial charge in [-0.05, 0) is 43.7 Å². The number of sulfonamides is 1. The molecular weight excluding hydrogens is 420 g/mol. The van der Waals surface area contributed by atoms with Crippen LogP contribution in [0.2, 0.25) is 0 Å². The summed E-state index contributed by atoms with van der Waals surface area (Å²) in [6, 6.07) is 5.15. The largest absolute Gasteiger partial charge is 0.486 e. The van der Waals surface area contributed by atoms with Gasteiger partial charge in [-0.15, -0.1) is 0 Å². The molecule has 3 unspecified atom stereocenters. The van der Waals surface area contributed by atoms with E-state index in [0.29, 0.717) is 56.1 Å². The zero-order valence-electron chi connectivity index (χ0n) is 17.7. The van der Waals surface area contributed by atoms with Crippen molar-refractivity contribution in [2.75, 3.05) is 26.3 Å². The van der Waals surface area contributed by atoms with Gasteiger partial charge in [-0.25, -0.2) is 13.1 Å². The van der Waals surface area contributed by atoms with Crippen LogP contribution in [0.5, 0.6) is 11.5 Å². The number of hydrogen-bond donors (Lipinski definition) is 4. The molecule has 3 aliphatic rings. The molecule has 1 amide bonds. The summed E-state index contributed by atoms with van der Waals surface area (Å²) in [7, 11) is -3.60. The minimum atomic E-state index is -3.60. The zero-order chi connectivity index (χ0) is 21.7. The molecule has 172 valence electrons. The van der Waals surface area contributed by atoms with Crippen LogP contribution in [0.3, 0.4) is 0 Å². The van der Waals surface area contributed by atoms with Crippen molar-refractivity contribution >= 4 is 15.9 Å². The van der Waals surface area contributed by atoms with Crippen LogP contribution in [0.25, 0.3) is 0 Å². The Kier molecular flexibility index (Phi) is 7.31. The fraction of sp³-hybridized carbons (Fsp3) is 0.667. The van der Waals surface area contributed by atoms with Crippen molar-refractivity contribution in [2.24, 2.45) is 5.92 Å². The summed E-state index contributed by atoms with van der Waals surface area (Å²) in [5.41, 5.74) is 6.50. The molecule has 0 spiro atoms. The van der Waals surface area contributed by atoms with Gasteiger partial charge >= 0.3 is 0 Å². The van der Waals surface area contributed by atoms with Crippen LogP contribution in [-0.4, -0.2) is 52.7 Å². The highest BCUT2D eigenvalue weighted by Crippen LogP contribution is 2.32. The third-order valence-corrected chi connectivity index (χ3v) is 7.67. The first-order chi connectivity index (χ1) is 15.0. The maximum atomic E-state index is 12.5. The monoisotopic (exact) mass is 452 g/mol. The third-order valence-electron chi connectivity index (χ3n) is 6.21. The van der Waals surface area contributed by atoms with E-state index in [1.165, 1.54) is 18.6 Å². The van der Waals surface area contributed by atoms with Crippen molar-refractivity contribution in [2.45, 2.75) is 61.9 Å². The summed E-state index contributed by atoms with van der Waals surface area (Å²) >= 11 is 0. The SMILES string of the molecule is O=C(CCCCCNS(=O)(=O)c1ccc2c(c1)OCCO2)NC1CCCC2CNNC21. The lowest BCUT2D eigenvalue weighted by atomic mass is 9.82. The van der Waals surface area contributed by atoms with E-state index in [1.54, 1.807) is 6.07 Å². The fourth-order valence-corrected chi connectivity index (χ4v) is 5.64. The lowest BCUT2D eigenvalue weighted by Gasteiger charge is -2.33. The van der Waals surface area contributed by atoms with Gasteiger partial charge in [0.1, 0.15) is 13.2 Å². The van der Waals surface area contributed by atoms with E-state index in [2.05, 4.69) is 20.9 Å². The van der Waals surface area contributed by atoms with Gasteiger partial charge in [-0.1, -0.05) is 12.8 Å². The summed E-state index contributed by atoms with van der Waals surface area (Å²) in [5, 5.41) is 3.18. The quantitative estimate of drug-likeness (QED) is 0.414. The molecule has 1 saturated carbocycles. The molecule has 1 saturated heterocycles. The molecule has 4 N–H and O–H groups in total. The number of hydrazine groups is 1. The Labute approximate surface area is 183 Å². The van der Waals surface area contributed by atoms with Crippen molar-refractivity contribution in [3.8, 4) is 11.5 Å². The predicted molar refractivity (Wildman–Crippen MR) is 115 cm³/mol. The Morgan fingerprint density at radius 1 is 1.10 bits per heavy atom. The summed E-state index contributed by atoms with van der Waals surface area (Å²) in [6.07, 6.45) is 6.05. The third kappa shape index (κ3) is 5.68. The molecule has 10 heteroatoms. The number of carbonyl (C=O) groups excluding carboxylic acids is 1. The number of rotatable bonds is 9. The second-order valence-electron chi connectivity index (χ2n) is 8.43. The maximum Gasteiger partial charge on any atom is 0.240 e. The first-order valence-electron chi connectivity index (χ1n) is 11.2. The molecule has 4 rings (SSSR count). The second kappa shape index (κ2) is 10.2. The number of fused-ring (bicyclic) bond motifs is 2. The highest BCUT2D eigenvalue weighted by atomic mass is 32.2. The van der Waals surface area contributed by atoms with Crippen LogP contribution in [-0.2, 0) is 14.8 Å². The van der Waals surface area contributed by atoms with Gasteiger partial charge in [-0.2, -0.15) is 0 Å². The number of benzene rings is 1. The number of carbonyl (C=O) groups is 1. The molecule has 0 bridgehead atoms. The van der Waals surface area contributed by atoms with E-state index in [9.17, 15) is 13.2 Å². The first-order valence-corrected chi connectivity index (χ1v) is 12.7. The van der Waals surface area contributed by atoms with Gasteiger partial charge in [0.25, 0.3) is 0 Å². The lowest BCUT2D eigenvalue weighted by Crippen LogP contribution is -2.52. The maximum absolute atomic E-state index is 12.5. The smallest absolute Gasteiger partial charge is 0.240 e. The number of nitrogens with one attached hydrogen (secondary N) is 4. The Hall–Kier alpha value is -1.88. The molecule has 1 aromatic rings. The highest BCUT2D eigenvalue weighted by molar-refractivity contribution is 7.89. The van der Waals surface area contributed by atoms with E-state index in [1.807, 2.05) is 0 Å². The topological polar surface area (TPSA) is 118 Å². The van der Waals surface area contributed by atoms with E-state index >= 15 is 0 Å². The van der Waals surface area contributed by atoms with Gasteiger partial charge < -0.3 is 14.8 Å². The number of hydrogen-bond acceptors (Lipinski definition) is 7. The number of amides is 1. The average Bonchev–Trinajstić information content (AvgIpc) is 3.26. The van der Waals surface area contributed by atoms with Crippen molar-refractivity contribution in [3.05, 3.63) is 18.2 Å². The van der Waals surface area contributed by atoms with Crippen LogP contribution >= 0.6 is 0 Å². The van der Waals surface area contributed by atoms with E-state index in [-0.39, 0.29) is 16.8 Å². The van der Waals surface area contributed by atoms with Gasteiger partial charge in [0.15, 0.2) is 11.5 Å². The van der Waals surface area contributed by atoms with E-state index in [4.69, 9.17) is 9.47 Å². The average molecular weight is 453 g/mol. The molecular formula is C21H32N4O5S. The Morgan fingerprint density at radius 3 is 2.81 bits per heavy atom. The number of unbranched alkanes of at least 4 members (excludes halogenated alkanes) is 2. The van der Waals surface area contributed by atoms with E-state index in [0.717, 1.165) is 32.2 Å². The normalized spacial score (nSPS) is 25.1. The van der Waals surface area contributed by atoms with Gasteiger partial charge in [-0.3, -0.25) is 15.6 Å². The van der Waals surface area contributed by atoms with Gasteiger partial charge in [0, 0.05) is 37.7 Å². The predicted octanol–water partition coefficient (Wildman–Crippen LogP) is 1.06. The molecule has 2 fully saturated rings. The van der Waals surface area contributed by atoms with Crippen LogP contribution in [0, 0.1) is 5.92 Å². The second-order valence-corrected chi connectivity index (χ2v) is 10.2. The van der Waals surface area contributed by atoms with Gasteiger partial charge in [0.05, 0.1) is 4.90 Å². The van der Waals surface area contributed by atoms with Crippen LogP contribution < -0.4 is 30.4 Å². The Morgan fingerprint density at radius 2 is 1.94 bits per heavy atom. The molecule has 31 heavy (non-hydrogen) atoms. The highest BCUT2D eigenvalue weighted by Gasteiger charge is 2.37. The molecule has 1 aromatic carbocycles. The molecule has 2 heterocycles. The fourth-order valence-electron chi connectivity index (χ4n) is 4.55. The zero-order valence-corrected chi connectivity index (χ0v) is 18.5. The lowest BCUT2D eigenvalue weighted by molar-refractivity contribution is -0.122. The van der Waals surface area contributed by atoms with Crippen LogP contribution in [0.1, 0.15) is 44.9 Å². The summed E-state index contributed by atoms with van der Waals surface area (Å²) < 4.78 is 38.5. The van der Waals surface area contributed by atoms with Crippen molar-refractivity contribution in [1.82, 2.24) is 20.9 Å². The van der Waals surface area contributed by atoms with Crippen molar-refractivity contribution < 1.29 is 22.7 Å². The van der Waals surface area contributed by atoms with Crippen molar-refractivity contribution in [1.29, 1.82) is 0 Å². The first kappa shape index (κ1) is 22.3. The van der Waals surface area contributed by atoms with E-state index < -0.39 is 10.0 Å². The Bertz CT molecular complexity index is 879. The molecule has 0 aromatic heterocycles. The minimum Gasteiger partial charge on any atom is -0.486 e. The van der Waals surface area contributed by atoms with Crippen LogP contribution in [0.4, 0.5) is 0 Å². The summed E-state index contributed by atoms with van der Waals surface area (Å²) in [5.74, 6) is 1.69. The molecule has 3 atom stereocenters.